The minimum absolute atomic E-state index is 0.0566. The fourth-order valence-electron chi connectivity index (χ4n) is 5.63. The first-order valence-electron chi connectivity index (χ1n) is 10.9. The molecule has 0 aromatic carbocycles. The molecule has 0 unspecified atom stereocenters. The maximum Gasteiger partial charge on any atom is 0.331 e. The van der Waals surface area contributed by atoms with Gasteiger partial charge in [0.15, 0.2) is 5.79 Å². The van der Waals surface area contributed by atoms with Crippen LogP contribution in [0.1, 0.15) is 60.8 Å². The summed E-state index contributed by atoms with van der Waals surface area (Å²) in [7, 11) is 0. The molecular weight excluding hydrogens is 384 g/mol. The third kappa shape index (κ3) is 3.25. The minimum atomic E-state index is -1.56. The lowest BCUT2D eigenvalue weighted by Crippen LogP contribution is -2.44. The zero-order valence-electron chi connectivity index (χ0n) is 18.7. The highest BCUT2D eigenvalue weighted by atomic mass is 16.6. The standard InChI is InChI=1S/C24H32O6/c1-12(2)15-11-17(25)29-23(5)10-9-14(4)20-18-19(22(26)28-20)24(6,27)30-21(18)13(3)7-8-16(15)23/h7,11-12,16,18-19,21,27H,8-10H2,1-6H3/b13-7-,20-14+/t16-,18+,19-,21+,23+,24-/m0/s1. The van der Waals surface area contributed by atoms with Crippen LogP contribution in [0.2, 0.25) is 0 Å². The van der Waals surface area contributed by atoms with Crippen molar-refractivity contribution in [2.24, 2.45) is 23.7 Å². The van der Waals surface area contributed by atoms with E-state index in [1.807, 2.05) is 20.8 Å². The minimum Gasteiger partial charge on any atom is -0.456 e. The monoisotopic (exact) mass is 416 g/mol. The number of hydrogen-bond donors (Lipinski definition) is 1. The van der Waals surface area contributed by atoms with Crippen molar-refractivity contribution in [2.45, 2.75) is 78.3 Å². The van der Waals surface area contributed by atoms with Gasteiger partial charge in [0.25, 0.3) is 0 Å². The van der Waals surface area contributed by atoms with Crippen molar-refractivity contribution >= 4 is 11.9 Å². The Balaban J connectivity index is 1.81. The molecule has 6 nitrogen and oxygen atoms in total. The Hall–Kier alpha value is -1.92. The molecule has 30 heavy (non-hydrogen) atoms. The van der Waals surface area contributed by atoms with E-state index in [-0.39, 0.29) is 23.7 Å². The average Bonchev–Trinajstić information content (AvgIpc) is 3.13. The average molecular weight is 417 g/mol. The Morgan fingerprint density at radius 3 is 2.57 bits per heavy atom. The van der Waals surface area contributed by atoms with Gasteiger partial charge < -0.3 is 19.3 Å². The van der Waals surface area contributed by atoms with Crippen molar-refractivity contribution in [3.8, 4) is 0 Å². The first kappa shape index (κ1) is 21.3. The van der Waals surface area contributed by atoms with Gasteiger partial charge in [-0.1, -0.05) is 25.5 Å². The quantitative estimate of drug-likeness (QED) is 0.517. The number of carbonyl (C=O) groups is 2. The van der Waals surface area contributed by atoms with Crippen LogP contribution in [0.15, 0.2) is 34.6 Å². The molecule has 6 atom stereocenters. The normalized spacial score (nSPS) is 45.6. The molecule has 0 spiro atoms. The molecular formula is C24H32O6. The van der Waals surface area contributed by atoms with Gasteiger partial charge in [0.2, 0.25) is 0 Å². The Bertz CT molecular complexity index is 876. The van der Waals surface area contributed by atoms with E-state index in [9.17, 15) is 14.7 Å². The van der Waals surface area contributed by atoms with E-state index in [2.05, 4.69) is 19.9 Å². The molecule has 0 radical (unpaired) electrons. The van der Waals surface area contributed by atoms with Crippen molar-refractivity contribution < 1.29 is 28.9 Å². The fraction of sp³-hybridized carbons (Fsp3) is 0.667. The maximum atomic E-state index is 12.6. The third-order valence-corrected chi connectivity index (χ3v) is 7.36. The Labute approximate surface area is 177 Å². The number of carbonyl (C=O) groups excluding carboxylic acids is 2. The molecule has 0 saturated carbocycles. The number of fused-ring (bicyclic) bond motifs is 1. The summed E-state index contributed by atoms with van der Waals surface area (Å²) in [6.45, 7) is 11.7. The highest BCUT2D eigenvalue weighted by molar-refractivity contribution is 5.84. The highest BCUT2D eigenvalue weighted by Crippen LogP contribution is 2.52. The van der Waals surface area contributed by atoms with Crippen LogP contribution in [0.25, 0.3) is 0 Å². The van der Waals surface area contributed by atoms with E-state index in [0.717, 1.165) is 16.7 Å². The van der Waals surface area contributed by atoms with Crippen LogP contribution in [0, 0.1) is 23.7 Å². The van der Waals surface area contributed by atoms with Gasteiger partial charge in [-0.15, -0.1) is 0 Å². The predicted octanol–water partition coefficient (Wildman–Crippen LogP) is 3.80. The summed E-state index contributed by atoms with van der Waals surface area (Å²) in [4.78, 5) is 25.0. The van der Waals surface area contributed by atoms with Gasteiger partial charge in [-0.2, -0.15) is 0 Å². The van der Waals surface area contributed by atoms with Crippen LogP contribution in [0.5, 0.6) is 0 Å². The van der Waals surface area contributed by atoms with Crippen LogP contribution in [0.4, 0.5) is 0 Å². The molecule has 2 saturated heterocycles. The first-order chi connectivity index (χ1) is 13.9. The van der Waals surface area contributed by atoms with Crippen LogP contribution in [-0.2, 0) is 23.8 Å². The third-order valence-electron chi connectivity index (χ3n) is 7.36. The van der Waals surface area contributed by atoms with Crippen molar-refractivity contribution in [3.63, 3.8) is 0 Å². The smallest absolute Gasteiger partial charge is 0.331 e. The molecule has 1 N–H and O–H groups in total. The molecule has 3 aliphatic heterocycles. The Kier molecular flexibility index (Phi) is 5.02. The number of aliphatic hydroxyl groups is 1. The molecule has 0 amide bonds. The van der Waals surface area contributed by atoms with E-state index in [0.29, 0.717) is 25.0 Å². The topological polar surface area (TPSA) is 82.1 Å². The van der Waals surface area contributed by atoms with Crippen LogP contribution in [-0.4, -0.2) is 34.5 Å². The molecule has 1 aliphatic carbocycles. The lowest BCUT2D eigenvalue weighted by atomic mass is 9.72. The summed E-state index contributed by atoms with van der Waals surface area (Å²) in [5.74, 6) is -2.48. The van der Waals surface area contributed by atoms with E-state index >= 15 is 0 Å². The second-order valence-corrected chi connectivity index (χ2v) is 9.93. The number of rotatable bonds is 1. The first-order valence-corrected chi connectivity index (χ1v) is 10.9. The Morgan fingerprint density at radius 1 is 1.20 bits per heavy atom. The zero-order valence-corrected chi connectivity index (χ0v) is 18.7. The fourth-order valence-corrected chi connectivity index (χ4v) is 5.63. The summed E-state index contributed by atoms with van der Waals surface area (Å²) in [6, 6.07) is 0. The van der Waals surface area contributed by atoms with Gasteiger partial charge in [0.05, 0.1) is 12.0 Å². The molecule has 0 aromatic rings. The lowest BCUT2D eigenvalue weighted by Gasteiger charge is -2.42. The summed E-state index contributed by atoms with van der Waals surface area (Å²) >= 11 is 0. The maximum absolute atomic E-state index is 12.6. The van der Waals surface area contributed by atoms with E-state index in [4.69, 9.17) is 14.2 Å². The molecule has 0 aromatic heterocycles. The molecule has 3 heterocycles. The second kappa shape index (κ2) is 7.06. The van der Waals surface area contributed by atoms with E-state index in [1.54, 1.807) is 13.0 Å². The largest absolute Gasteiger partial charge is 0.456 e. The number of hydrogen-bond acceptors (Lipinski definition) is 6. The van der Waals surface area contributed by atoms with Crippen molar-refractivity contribution in [1.82, 2.24) is 0 Å². The molecule has 2 fully saturated rings. The van der Waals surface area contributed by atoms with Gasteiger partial charge in [0, 0.05) is 12.0 Å². The molecule has 164 valence electrons. The zero-order chi connectivity index (χ0) is 22.0. The van der Waals surface area contributed by atoms with Crippen LogP contribution < -0.4 is 0 Å². The Morgan fingerprint density at radius 2 is 1.90 bits per heavy atom. The molecule has 6 heteroatoms. The number of ether oxygens (including phenoxy) is 3. The summed E-state index contributed by atoms with van der Waals surface area (Å²) in [5.41, 5.74) is 2.35. The van der Waals surface area contributed by atoms with Crippen molar-refractivity contribution in [1.29, 1.82) is 0 Å². The predicted molar refractivity (Wildman–Crippen MR) is 110 cm³/mol. The van der Waals surface area contributed by atoms with E-state index < -0.39 is 29.4 Å². The molecule has 4 aliphatic rings. The highest BCUT2D eigenvalue weighted by Gasteiger charge is 2.62. The van der Waals surface area contributed by atoms with Crippen LogP contribution >= 0.6 is 0 Å². The van der Waals surface area contributed by atoms with Gasteiger partial charge in [0.1, 0.15) is 17.3 Å². The van der Waals surface area contributed by atoms with Gasteiger partial charge in [-0.25, -0.2) is 4.79 Å². The molecule has 0 bridgehead atoms. The lowest BCUT2D eigenvalue weighted by molar-refractivity contribution is -0.201. The summed E-state index contributed by atoms with van der Waals surface area (Å²) in [5, 5.41) is 10.8. The van der Waals surface area contributed by atoms with Gasteiger partial charge >= 0.3 is 11.9 Å². The molecule has 4 rings (SSSR count). The summed E-state index contributed by atoms with van der Waals surface area (Å²) in [6.07, 6.45) is 5.29. The van der Waals surface area contributed by atoms with Gasteiger partial charge in [-0.05, 0) is 64.0 Å². The SMILES string of the molecule is C/C1=C/C[C@H]2C(C(C)C)=CC(=O)O[C@]2(C)CC/C(C)=C2/OC(=O)[C@@H]3[C@H]2[C@@H]1O[C@]3(C)O. The summed E-state index contributed by atoms with van der Waals surface area (Å²) < 4.78 is 17.6. The van der Waals surface area contributed by atoms with Crippen molar-refractivity contribution in [3.05, 3.63) is 34.6 Å². The second-order valence-electron chi connectivity index (χ2n) is 9.93. The van der Waals surface area contributed by atoms with Gasteiger partial charge in [-0.3, -0.25) is 4.79 Å². The number of esters is 2. The number of allylic oxidation sites excluding steroid dienone is 2. The van der Waals surface area contributed by atoms with Crippen molar-refractivity contribution in [2.75, 3.05) is 0 Å². The van der Waals surface area contributed by atoms with Crippen LogP contribution in [0.3, 0.4) is 0 Å². The van der Waals surface area contributed by atoms with E-state index in [1.165, 1.54) is 0 Å².